The third kappa shape index (κ3) is 5.37. The summed E-state index contributed by atoms with van der Waals surface area (Å²) in [6.07, 6.45) is 1.82. The number of hydrogen-bond donors (Lipinski definition) is 0. The number of para-hydroxylation sites is 1. The van der Waals surface area contributed by atoms with E-state index in [9.17, 15) is 13.2 Å². The van der Waals surface area contributed by atoms with Crippen molar-refractivity contribution >= 4 is 54.2 Å². The molecule has 26 heavy (non-hydrogen) atoms. The molecule has 0 bridgehead atoms. The Balaban J connectivity index is 2.29. The van der Waals surface area contributed by atoms with Crippen LogP contribution in [0.1, 0.15) is 6.42 Å². The number of halogens is 1. The van der Waals surface area contributed by atoms with Crippen molar-refractivity contribution in [3.8, 4) is 0 Å². The predicted molar refractivity (Wildman–Crippen MR) is 108 cm³/mol. The van der Waals surface area contributed by atoms with Gasteiger partial charge in [0.1, 0.15) is 5.52 Å². The highest BCUT2D eigenvalue weighted by Crippen LogP contribution is 2.33. The second kappa shape index (κ2) is 8.62. The van der Waals surface area contributed by atoms with Crippen LogP contribution in [0.3, 0.4) is 0 Å². The standard InChI is InChI=1S/C16H23ClN4O3S2/c1-19(2)9-6-10-21(14(22)11-20(3)26(4,23)24)16-18-15-12(17)7-5-8-13(15)25-16/h5,7-8H,6,9-11H2,1-4H3. The van der Waals surface area contributed by atoms with E-state index in [2.05, 4.69) is 4.98 Å². The van der Waals surface area contributed by atoms with Crippen molar-refractivity contribution in [1.29, 1.82) is 0 Å². The number of benzene rings is 1. The third-order valence-corrected chi connectivity index (χ3v) is 6.41. The van der Waals surface area contributed by atoms with E-state index in [1.165, 1.54) is 18.4 Å². The molecule has 0 aliphatic heterocycles. The molecule has 144 valence electrons. The Morgan fingerprint density at radius 3 is 2.50 bits per heavy atom. The van der Waals surface area contributed by atoms with Crippen molar-refractivity contribution in [1.82, 2.24) is 14.2 Å². The van der Waals surface area contributed by atoms with Crippen LogP contribution in [0.25, 0.3) is 10.2 Å². The summed E-state index contributed by atoms with van der Waals surface area (Å²) >= 11 is 7.56. The third-order valence-electron chi connectivity index (χ3n) is 3.80. The summed E-state index contributed by atoms with van der Waals surface area (Å²) in [5, 5.41) is 1.05. The molecular weight excluding hydrogens is 396 g/mol. The molecule has 0 atom stereocenters. The van der Waals surface area contributed by atoms with E-state index in [1.807, 2.05) is 31.1 Å². The van der Waals surface area contributed by atoms with Gasteiger partial charge in [-0.25, -0.2) is 13.4 Å². The largest absolute Gasteiger partial charge is 0.309 e. The van der Waals surface area contributed by atoms with Crippen molar-refractivity contribution in [3.05, 3.63) is 23.2 Å². The van der Waals surface area contributed by atoms with Crippen LogP contribution >= 0.6 is 22.9 Å². The van der Waals surface area contributed by atoms with Gasteiger partial charge in [0.05, 0.1) is 22.5 Å². The number of aromatic nitrogens is 1. The maximum Gasteiger partial charge on any atom is 0.244 e. The van der Waals surface area contributed by atoms with Gasteiger partial charge in [0.2, 0.25) is 15.9 Å². The number of hydrogen-bond acceptors (Lipinski definition) is 6. The fourth-order valence-corrected chi connectivity index (χ4v) is 3.94. The summed E-state index contributed by atoms with van der Waals surface area (Å²) in [5.41, 5.74) is 0.649. The highest BCUT2D eigenvalue weighted by molar-refractivity contribution is 7.88. The zero-order chi connectivity index (χ0) is 19.5. The quantitative estimate of drug-likeness (QED) is 0.656. The molecule has 2 aromatic rings. The van der Waals surface area contributed by atoms with Crippen LogP contribution in [0, 0.1) is 0 Å². The summed E-state index contributed by atoms with van der Waals surface area (Å²) in [5.74, 6) is -0.313. The van der Waals surface area contributed by atoms with E-state index >= 15 is 0 Å². The first-order chi connectivity index (χ1) is 12.1. The van der Waals surface area contributed by atoms with Crippen molar-refractivity contribution < 1.29 is 13.2 Å². The van der Waals surface area contributed by atoms with E-state index in [0.717, 1.165) is 28.2 Å². The normalized spacial score (nSPS) is 12.3. The lowest BCUT2D eigenvalue weighted by Crippen LogP contribution is -2.41. The van der Waals surface area contributed by atoms with Gasteiger partial charge in [-0.1, -0.05) is 29.0 Å². The Kier molecular flexibility index (Phi) is 6.98. The maximum atomic E-state index is 12.8. The number of anilines is 1. The lowest BCUT2D eigenvalue weighted by Gasteiger charge is -2.23. The average Bonchev–Trinajstić information content (AvgIpc) is 2.95. The molecule has 0 radical (unpaired) electrons. The number of nitrogens with zero attached hydrogens (tertiary/aromatic N) is 4. The highest BCUT2D eigenvalue weighted by atomic mass is 35.5. The Labute approximate surface area is 163 Å². The smallest absolute Gasteiger partial charge is 0.244 e. The van der Waals surface area contributed by atoms with Crippen molar-refractivity contribution in [2.75, 3.05) is 51.9 Å². The Morgan fingerprint density at radius 1 is 1.23 bits per heavy atom. The summed E-state index contributed by atoms with van der Waals surface area (Å²) in [6, 6.07) is 5.48. The molecule has 1 amide bonds. The molecule has 1 aromatic carbocycles. The zero-order valence-corrected chi connectivity index (χ0v) is 17.7. The fourth-order valence-electron chi connectivity index (χ4n) is 2.28. The van der Waals surface area contributed by atoms with Gasteiger partial charge in [0, 0.05) is 13.6 Å². The molecule has 2 rings (SSSR count). The van der Waals surface area contributed by atoms with Crippen molar-refractivity contribution in [2.24, 2.45) is 0 Å². The molecule has 1 heterocycles. The molecular formula is C16H23ClN4O3S2. The second-order valence-corrected chi connectivity index (χ2v) is 9.81. The first-order valence-electron chi connectivity index (χ1n) is 8.01. The molecule has 10 heteroatoms. The highest BCUT2D eigenvalue weighted by Gasteiger charge is 2.24. The van der Waals surface area contributed by atoms with Crippen LogP contribution in [-0.2, 0) is 14.8 Å². The number of carbonyl (C=O) groups excluding carboxylic acids is 1. The zero-order valence-electron chi connectivity index (χ0n) is 15.3. The van der Waals surface area contributed by atoms with E-state index in [-0.39, 0.29) is 12.5 Å². The molecule has 0 saturated carbocycles. The Bertz CT molecular complexity index is 883. The van der Waals surface area contributed by atoms with Crippen LogP contribution in [-0.4, -0.2) is 75.5 Å². The van der Waals surface area contributed by atoms with Gasteiger partial charge in [-0.15, -0.1) is 0 Å². The monoisotopic (exact) mass is 418 g/mol. The van der Waals surface area contributed by atoms with Gasteiger partial charge < -0.3 is 4.90 Å². The first-order valence-corrected chi connectivity index (χ1v) is 11.1. The number of rotatable bonds is 8. The van der Waals surface area contributed by atoms with Crippen molar-refractivity contribution in [2.45, 2.75) is 6.42 Å². The van der Waals surface area contributed by atoms with Crippen LogP contribution in [0.5, 0.6) is 0 Å². The van der Waals surface area contributed by atoms with Gasteiger partial charge in [-0.2, -0.15) is 4.31 Å². The molecule has 0 aliphatic carbocycles. The molecule has 0 fully saturated rings. The number of likely N-dealkylation sites (N-methyl/N-ethyl adjacent to an activating group) is 1. The number of sulfonamides is 1. The molecule has 7 nitrogen and oxygen atoms in total. The number of amides is 1. The maximum absolute atomic E-state index is 12.8. The minimum absolute atomic E-state index is 0.232. The molecule has 0 N–H and O–H groups in total. The number of thiazole rings is 1. The summed E-state index contributed by atoms with van der Waals surface area (Å²) in [7, 11) is 1.87. The van der Waals surface area contributed by atoms with Gasteiger partial charge >= 0.3 is 0 Å². The molecule has 0 aliphatic rings. The number of fused-ring (bicyclic) bond motifs is 1. The SMILES string of the molecule is CN(C)CCCN(C(=O)CN(C)S(C)(=O)=O)c1nc2c(Cl)cccc2s1. The molecule has 1 aromatic heterocycles. The summed E-state index contributed by atoms with van der Waals surface area (Å²) in [4.78, 5) is 20.9. The predicted octanol–water partition coefficient (Wildman–Crippen LogP) is 2.13. The molecule has 0 spiro atoms. The molecule has 0 unspecified atom stereocenters. The Morgan fingerprint density at radius 2 is 1.92 bits per heavy atom. The average molecular weight is 419 g/mol. The lowest BCUT2D eigenvalue weighted by atomic mass is 10.3. The lowest BCUT2D eigenvalue weighted by molar-refractivity contribution is -0.118. The van der Waals surface area contributed by atoms with Gasteiger partial charge in [0.25, 0.3) is 0 Å². The van der Waals surface area contributed by atoms with E-state index in [0.29, 0.717) is 22.2 Å². The van der Waals surface area contributed by atoms with Crippen LogP contribution in [0.4, 0.5) is 5.13 Å². The minimum Gasteiger partial charge on any atom is -0.309 e. The topological polar surface area (TPSA) is 73.8 Å². The van der Waals surface area contributed by atoms with Crippen LogP contribution in [0.2, 0.25) is 5.02 Å². The van der Waals surface area contributed by atoms with Crippen molar-refractivity contribution in [3.63, 3.8) is 0 Å². The van der Waals surface area contributed by atoms with E-state index in [4.69, 9.17) is 11.6 Å². The van der Waals surface area contributed by atoms with Gasteiger partial charge in [-0.05, 0) is 39.2 Å². The van der Waals surface area contributed by atoms with Gasteiger partial charge in [-0.3, -0.25) is 9.69 Å². The Hall–Kier alpha value is -1.26. The van der Waals surface area contributed by atoms with Gasteiger partial charge in [0.15, 0.2) is 5.13 Å². The summed E-state index contributed by atoms with van der Waals surface area (Å²) < 4.78 is 25.2. The van der Waals surface area contributed by atoms with E-state index < -0.39 is 10.0 Å². The fraction of sp³-hybridized carbons (Fsp3) is 0.500. The minimum atomic E-state index is -3.44. The van der Waals surface area contributed by atoms with Crippen LogP contribution in [0.15, 0.2) is 18.2 Å². The molecule has 0 saturated heterocycles. The first kappa shape index (κ1) is 21.0. The summed E-state index contributed by atoms with van der Waals surface area (Å²) in [6.45, 7) is 1.02. The van der Waals surface area contributed by atoms with E-state index in [1.54, 1.807) is 11.0 Å². The second-order valence-electron chi connectivity index (χ2n) is 6.30. The van der Waals surface area contributed by atoms with Crippen LogP contribution < -0.4 is 4.90 Å². The number of carbonyl (C=O) groups is 1.